The van der Waals surface area contributed by atoms with Crippen LogP contribution < -0.4 is 5.32 Å². The second kappa shape index (κ2) is 5.79. The molecule has 0 saturated heterocycles. The highest BCUT2D eigenvalue weighted by molar-refractivity contribution is 5.98. The summed E-state index contributed by atoms with van der Waals surface area (Å²) < 4.78 is 0. The molecular formula is C21H26N4O. The molecule has 2 aromatic rings. The minimum Gasteiger partial charge on any atom is -0.342 e. The van der Waals surface area contributed by atoms with Gasteiger partial charge in [-0.05, 0) is 43.2 Å². The lowest BCUT2D eigenvalue weighted by Crippen LogP contribution is -2.27. The van der Waals surface area contributed by atoms with Crippen molar-refractivity contribution in [2.75, 3.05) is 5.32 Å². The number of aromatic nitrogens is 3. The summed E-state index contributed by atoms with van der Waals surface area (Å²) in [4.78, 5) is 17.5. The molecule has 2 N–H and O–H groups in total. The molecule has 5 heteroatoms. The molecule has 0 spiro atoms. The third-order valence-electron chi connectivity index (χ3n) is 5.99. The Balaban J connectivity index is 1.89. The van der Waals surface area contributed by atoms with Gasteiger partial charge in [-0.15, -0.1) is 0 Å². The lowest BCUT2D eigenvalue weighted by molar-refractivity contribution is -0.117. The average Bonchev–Trinajstić information content (AvgIpc) is 2.85. The molecule has 0 bridgehead atoms. The van der Waals surface area contributed by atoms with Crippen LogP contribution in [0.5, 0.6) is 0 Å². The first-order chi connectivity index (χ1) is 12.3. The van der Waals surface area contributed by atoms with Gasteiger partial charge in [0, 0.05) is 46.8 Å². The van der Waals surface area contributed by atoms with Crippen LogP contribution in [0, 0.1) is 12.3 Å². The minimum atomic E-state index is -0.352. The van der Waals surface area contributed by atoms with E-state index in [0.29, 0.717) is 12.8 Å². The standard InChI is InChI=1S/C21H26N4O/c1-13-18-19(25-24-13)23-16-7-8-20(2,3)11-17(26)15(16)10-21(18,4)14-6-5-9-22-12-14/h5-6,9,12H,7-8,10-11H2,1-4H3,(H2,23,24,25). The maximum atomic E-state index is 13.2. The molecular weight excluding hydrogens is 324 g/mol. The Morgan fingerprint density at radius 1 is 1.19 bits per heavy atom. The van der Waals surface area contributed by atoms with Gasteiger partial charge < -0.3 is 5.32 Å². The van der Waals surface area contributed by atoms with E-state index in [2.05, 4.69) is 47.3 Å². The molecule has 1 aliphatic heterocycles. The molecule has 5 nitrogen and oxygen atoms in total. The van der Waals surface area contributed by atoms with Gasteiger partial charge in [0.2, 0.25) is 0 Å². The normalized spacial score (nSPS) is 25.0. The Morgan fingerprint density at radius 3 is 2.73 bits per heavy atom. The van der Waals surface area contributed by atoms with Crippen LogP contribution >= 0.6 is 0 Å². The van der Waals surface area contributed by atoms with Crippen molar-refractivity contribution in [3.63, 3.8) is 0 Å². The summed E-state index contributed by atoms with van der Waals surface area (Å²) in [5.74, 6) is 1.10. The van der Waals surface area contributed by atoms with Gasteiger partial charge in [-0.1, -0.05) is 26.8 Å². The number of anilines is 1. The van der Waals surface area contributed by atoms with Gasteiger partial charge in [-0.3, -0.25) is 14.9 Å². The number of H-pyrrole nitrogens is 1. The number of allylic oxidation sites excluding steroid dienone is 2. The zero-order valence-electron chi connectivity index (χ0n) is 15.9. The third-order valence-corrected chi connectivity index (χ3v) is 5.99. The summed E-state index contributed by atoms with van der Waals surface area (Å²) in [6.45, 7) is 8.61. The summed E-state index contributed by atoms with van der Waals surface area (Å²) in [5, 5.41) is 11.2. The monoisotopic (exact) mass is 350 g/mol. The highest BCUT2D eigenvalue weighted by Crippen LogP contribution is 2.47. The summed E-state index contributed by atoms with van der Waals surface area (Å²) in [6, 6.07) is 4.06. The SMILES string of the molecule is Cc1[nH]nc2c1C(C)(c1cccnc1)CC1=C(CCC(C)(C)CC1=O)N2. The lowest BCUT2D eigenvalue weighted by Gasteiger charge is -2.30. The molecule has 1 atom stereocenters. The number of aromatic amines is 1. The molecule has 136 valence electrons. The number of Topliss-reactive ketones (excluding diaryl/α,β-unsaturated/α-hetero) is 1. The van der Waals surface area contributed by atoms with Crippen molar-refractivity contribution in [1.29, 1.82) is 0 Å². The molecule has 0 aromatic carbocycles. The molecule has 2 aromatic heterocycles. The third kappa shape index (κ3) is 2.66. The number of nitrogens with one attached hydrogen (secondary N) is 2. The molecule has 1 unspecified atom stereocenters. The second-order valence-electron chi connectivity index (χ2n) is 8.67. The number of carbonyl (C=O) groups excluding carboxylic acids is 1. The molecule has 0 radical (unpaired) electrons. The molecule has 0 amide bonds. The van der Waals surface area contributed by atoms with Crippen molar-refractivity contribution in [2.24, 2.45) is 5.41 Å². The Hall–Kier alpha value is -2.43. The Labute approximate surface area is 154 Å². The van der Waals surface area contributed by atoms with Crippen molar-refractivity contribution in [2.45, 2.75) is 58.8 Å². The van der Waals surface area contributed by atoms with E-state index >= 15 is 0 Å². The number of rotatable bonds is 1. The zero-order valence-corrected chi connectivity index (χ0v) is 15.9. The fourth-order valence-corrected chi connectivity index (χ4v) is 4.47. The van der Waals surface area contributed by atoms with Gasteiger partial charge in [0.25, 0.3) is 0 Å². The van der Waals surface area contributed by atoms with E-state index in [1.807, 2.05) is 19.2 Å². The molecule has 2 aliphatic rings. The first-order valence-corrected chi connectivity index (χ1v) is 9.28. The minimum absolute atomic E-state index is 0.0278. The van der Waals surface area contributed by atoms with Crippen LogP contribution in [0.15, 0.2) is 35.8 Å². The number of fused-ring (bicyclic) bond motifs is 1. The topological polar surface area (TPSA) is 70.7 Å². The van der Waals surface area contributed by atoms with Crippen molar-refractivity contribution in [3.8, 4) is 0 Å². The van der Waals surface area contributed by atoms with E-state index in [1.54, 1.807) is 6.20 Å². The Morgan fingerprint density at radius 2 is 2.00 bits per heavy atom. The molecule has 1 aliphatic carbocycles. The maximum absolute atomic E-state index is 13.2. The number of nitrogens with zero attached hydrogens (tertiary/aromatic N) is 2. The van der Waals surface area contributed by atoms with Crippen molar-refractivity contribution in [3.05, 3.63) is 52.6 Å². The highest BCUT2D eigenvalue weighted by atomic mass is 16.1. The van der Waals surface area contributed by atoms with Gasteiger partial charge in [-0.25, -0.2) is 0 Å². The number of hydrogen-bond acceptors (Lipinski definition) is 4. The highest BCUT2D eigenvalue weighted by Gasteiger charge is 2.42. The van der Waals surface area contributed by atoms with Crippen molar-refractivity contribution in [1.82, 2.24) is 15.2 Å². The van der Waals surface area contributed by atoms with E-state index in [4.69, 9.17) is 0 Å². The predicted octanol–water partition coefficient (Wildman–Crippen LogP) is 4.27. The maximum Gasteiger partial charge on any atom is 0.161 e. The summed E-state index contributed by atoms with van der Waals surface area (Å²) >= 11 is 0. The number of aryl methyl sites for hydroxylation is 1. The van der Waals surface area contributed by atoms with E-state index in [-0.39, 0.29) is 16.6 Å². The average molecular weight is 350 g/mol. The first-order valence-electron chi connectivity index (χ1n) is 9.28. The largest absolute Gasteiger partial charge is 0.342 e. The molecule has 26 heavy (non-hydrogen) atoms. The smallest absolute Gasteiger partial charge is 0.161 e. The number of pyridine rings is 1. The van der Waals surface area contributed by atoms with Crippen LogP contribution in [0.1, 0.15) is 63.3 Å². The number of ketones is 1. The lowest BCUT2D eigenvalue weighted by atomic mass is 9.71. The van der Waals surface area contributed by atoms with Crippen LogP contribution in [0.4, 0.5) is 5.82 Å². The summed E-state index contributed by atoms with van der Waals surface area (Å²) in [6.07, 6.45) is 6.83. The summed E-state index contributed by atoms with van der Waals surface area (Å²) in [7, 11) is 0. The van der Waals surface area contributed by atoms with Gasteiger partial charge in [0.1, 0.15) is 0 Å². The predicted molar refractivity (Wildman–Crippen MR) is 102 cm³/mol. The Bertz CT molecular complexity index is 894. The van der Waals surface area contributed by atoms with Crippen LogP contribution in [0.3, 0.4) is 0 Å². The number of carbonyl (C=O) groups is 1. The van der Waals surface area contributed by atoms with Crippen LogP contribution in [0.2, 0.25) is 0 Å². The van der Waals surface area contributed by atoms with Crippen molar-refractivity contribution >= 4 is 11.6 Å². The zero-order chi connectivity index (χ0) is 18.5. The van der Waals surface area contributed by atoms with Gasteiger partial charge >= 0.3 is 0 Å². The molecule has 3 heterocycles. The second-order valence-corrected chi connectivity index (χ2v) is 8.67. The van der Waals surface area contributed by atoms with E-state index in [9.17, 15) is 4.79 Å². The van der Waals surface area contributed by atoms with E-state index < -0.39 is 0 Å². The first kappa shape index (κ1) is 17.0. The van der Waals surface area contributed by atoms with Crippen molar-refractivity contribution < 1.29 is 4.79 Å². The molecule has 0 fully saturated rings. The number of hydrogen-bond donors (Lipinski definition) is 2. The summed E-state index contributed by atoms with van der Waals surface area (Å²) in [5.41, 5.74) is 4.92. The van der Waals surface area contributed by atoms with Gasteiger partial charge in [-0.2, -0.15) is 5.10 Å². The fraction of sp³-hybridized carbons (Fsp3) is 0.476. The molecule has 0 saturated carbocycles. The van der Waals surface area contributed by atoms with Gasteiger partial charge in [0.05, 0.1) is 0 Å². The molecule has 4 rings (SSSR count). The van der Waals surface area contributed by atoms with Gasteiger partial charge in [0.15, 0.2) is 11.6 Å². The fourth-order valence-electron chi connectivity index (χ4n) is 4.47. The van der Waals surface area contributed by atoms with E-state index in [0.717, 1.165) is 46.8 Å². The van der Waals surface area contributed by atoms with E-state index in [1.165, 1.54) is 0 Å². The van der Waals surface area contributed by atoms with Crippen LogP contribution in [-0.4, -0.2) is 21.0 Å². The Kier molecular flexibility index (Phi) is 3.79. The van der Waals surface area contributed by atoms with Crippen LogP contribution in [-0.2, 0) is 10.2 Å². The van der Waals surface area contributed by atoms with Crippen LogP contribution in [0.25, 0.3) is 0 Å². The quantitative estimate of drug-likeness (QED) is 0.806.